The first-order valence-corrected chi connectivity index (χ1v) is 5.06. The molecule has 1 aromatic heterocycles. The predicted molar refractivity (Wildman–Crippen MR) is 57.4 cm³/mol. The van der Waals surface area contributed by atoms with Crippen molar-refractivity contribution >= 4 is 5.69 Å². The number of anilines is 1. The van der Waals surface area contributed by atoms with E-state index in [-0.39, 0.29) is 5.41 Å². The van der Waals surface area contributed by atoms with Crippen LogP contribution in [0.15, 0.2) is 41.3 Å². The van der Waals surface area contributed by atoms with E-state index in [1.807, 2.05) is 18.2 Å². The number of benzene rings is 1. The van der Waals surface area contributed by atoms with Gasteiger partial charge in [-0.3, -0.25) is 0 Å². The molecule has 0 aliphatic heterocycles. The summed E-state index contributed by atoms with van der Waals surface area (Å²) in [5.41, 5.74) is 7.88. The van der Waals surface area contributed by atoms with Crippen LogP contribution in [0.4, 0.5) is 5.69 Å². The molecule has 1 saturated carbocycles. The molecule has 0 atom stereocenters. The molecule has 1 aliphatic carbocycles. The molecule has 0 saturated heterocycles. The third kappa shape index (κ3) is 1.23. The van der Waals surface area contributed by atoms with E-state index in [2.05, 4.69) is 11.1 Å². The van der Waals surface area contributed by atoms with Crippen molar-refractivity contribution in [2.75, 3.05) is 5.73 Å². The molecule has 0 spiro atoms. The van der Waals surface area contributed by atoms with Gasteiger partial charge < -0.3 is 10.2 Å². The van der Waals surface area contributed by atoms with Gasteiger partial charge in [-0.2, -0.15) is 0 Å². The van der Waals surface area contributed by atoms with E-state index in [0.717, 1.165) is 24.3 Å². The standard InChI is InChI=1S/C12H12N2O/c13-10-3-1-2-9(6-10)12(4-5-12)11-7-14-8-15-11/h1-3,6-8H,4-5,13H2. The van der Waals surface area contributed by atoms with Crippen molar-refractivity contribution < 1.29 is 4.42 Å². The Balaban J connectivity index is 2.07. The van der Waals surface area contributed by atoms with Gasteiger partial charge in [0, 0.05) is 5.69 Å². The Kier molecular flexibility index (Phi) is 1.63. The molecule has 15 heavy (non-hydrogen) atoms. The summed E-state index contributed by atoms with van der Waals surface area (Å²) in [6.45, 7) is 0. The van der Waals surface area contributed by atoms with E-state index in [1.165, 1.54) is 12.0 Å². The lowest BCUT2D eigenvalue weighted by Gasteiger charge is -2.12. The van der Waals surface area contributed by atoms with Crippen LogP contribution in [0.2, 0.25) is 0 Å². The fourth-order valence-corrected chi connectivity index (χ4v) is 2.09. The number of aromatic nitrogens is 1. The molecule has 76 valence electrons. The number of nitrogens with zero attached hydrogens (tertiary/aromatic N) is 1. The Morgan fingerprint density at radius 2 is 2.20 bits per heavy atom. The molecule has 2 N–H and O–H groups in total. The van der Waals surface area contributed by atoms with Gasteiger partial charge >= 0.3 is 0 Å². The predicted octanol–water partition coefficient (Wildman–Crippen LogP) is 2.34. The lowest BCUT2D eigenvalue weighted by molar-refractivity contribution is 0.474. The van der Waals surface area contributed by atoms with Gasteiger partial charge in [-0.05, 0) is 30.5 Å². The van der Waals surface area contributed by atoms with E-state index in [9.17, 15) is 0 Å². The maximum Gasteiger partial charge on any atom is 0.180 e. The number of hydrogen-bond acceptors (Lipinski definition) is 3. The minimum Gasteiger partial charge on any atom is -0.448 e. The van der Waals surface area contributed by atoms with Crippen molar-refractivity contribution in [1.29, 1.82) is 0 Å². The monoisotopic (exact) mass is 200 g/mol. The zero-order valence-electron chi connectivity index (χ0n) is 8.31. The van der Waals surface area contributed by atoms with E-state index >= 15 is 0 Å². The molecule has 3 heteroatoms. The molecule has 1 aromatic carbocycles. The van der Waals surface area contributed by atoms with Crippen molar-refractivity contribution in [3.8, 4) is 0 Å². The highest BCUT2D eigenvalue weighted by Crippen LogP contribution is 2.53. The van der Waals surface area contributed by atoms with Gasteiger partial charge in [0.2, 0.25) is 0 Å². The number of hydrogen-bond donors (Lipinski definition) is 1. The fourth-order valence-electron chi connectivity index (χ4n) is 2.09. The van der Waals surface area contributed by atoms with Crippen LogP contribution in [-0.4, -0.2) is 4.98 Å². The first-order chi connectivity index (χ1) is 7.31. The average Bonchev–Trinajstić information content (AvgIpc) is 2.87. The maximum atomic E-state index is 5.79. The molecule has 2 aromatic rings. The lowest BCUT2D eigenvalue weighted by Crippen LogP contribution is -2.07. The van der Waals surface area contributed by atoms with Crippen LogP contribution in [0.25, 0.3) is 0 Å². The summed E-state index contributed by atoms with van der Waals surface area (Å²) in [5.74, 6) is 0.952. The van der Waals surface area contributed by atoms with Crippen molar-refractivity contribution in [2.24, 2.45) is 0 Å². The van der Waals surface area contributed by atoms with Gasteiger partial charge in [-0.15, -0.1) is 0 Å². The highest BCUT2D eigenvalue weighted by Gasteiger charge is 2.48. The Labute approximate surface area is 87.9 Å². The molecule has 0 radical (unpaired) electrons. The molecule has 1 heterocycles. The molecule has 0 bridgehead atoms. The first kappa shape index (κ1) is 8.53. The largest absolute Gasteiger partial charge is 0.448 e. The average molecular weight is 200 g/mol. The topological polar surface area (TPSA) is 52.0 Å². The highest BCUT2D eigenvalue weighted by atomic mass is 16.3. The van der Waals surface area contributed by atoms with Crippen molar-refractivity contribution in [3.63, 3.8) is 0 Å². The van der Waals surface area contributed by atoms with Crippen LogP contribution < -0.4 is 5.73 Å². The number of nitrogen functional groups attached to an aromatic ring is 1. The SMILES string of the molecule is Nc1cccc(C2(c3cnco3)CC2)c1. The molecule has 3 nitrogen and oxygen atoms in total. The summed E-state index contributed by atoms with van der Waals surface area (Å²) in [4.78, 5) is 3.98. The van der Waals surface area contributed by atoms with Crippen LogP contribution in [-0.2, 0) is 5.41 Å². The molecule has 1 aliphatic rings. The zero-order chi connectivity index (χ0) is 10.3. The normalized spacial score (nSPS) is 17.6. The summed E-state index contributed by atoms with van der Waals surface area (Å²) in [6, 6.07) is 8.02. The molecule has 0 unspecified atom stereocenters. The highest BCUT2D eigenvalue weighted by molar-refractivity contribution is 5.48. The van der Waals surface area contributed by atoms with Crippen LogP contribution in [0.1, 0.15) is 24.2 Å². The molecule has 1 fully saturated rings. The summed E-state index contributed by atoms with van der Waals surface area (Å²) in [6.07, 6.45) is 5.52. The van der Waals surface area contributed by atoms with Crippen molar-refractivity contribution in [3.05, 3.63) is 48.2 Å². The molecule has 3 rings (SSSR count). The van der Waals surface area contributed by atoms with E-state index in [4.69, 9.17) is 10.2 Å². The first-order valence-electron chi connectivity index (χ1n) is 5.06. The third-order valence-electron chi connectivity index (χ3n) is 3.09. The lowest BCUT2D eigenvalue weighted by atomic mass is 9.93. The van der Waals surface area contributed by atoms with E-state index < -0.39 is 0 Å². The molecular weight excluding hydrogens is 188 g/mol. The Bertz CT molecular complexity index is 472. The molecular formula is C12H12N2O. The summed E-state index contributed by atoms with van der Waals surface area (Å²) >= 11 is 0. The minimum atomic E-state index is 0.0475. The van der Waals surface area contributed by atoms with Crippen LogP contribution in [0.5, 0.6) is 0 Å². The summed E-state index contributed by atoms with van der Waals surface area (Å²) in [5, 5.41) is 0. The summed E-state index contributed by atoms with van der Waals surface area (Å²) in [7, 11) is 0. The van der Waals surface area contributed by atoms with Gasteiger partial charge in [0.25, 0.3) is 0 Å². The van der Waals surface area contributed by atoms with Gasteiger partial charge in [0.1, 0.15) is 5.76 Å². The third-order valence-corrected chi connectivity index (χ3v) is 3.09. The van der Waals surface area contributed by atoms with Crippen LogP contribution in [0, 0.1) is 0 Å². The second-order valence-corrected chi connectivity index (χ2v) is 4.07. The zero-order valence-corrected chi connectivity index (χ0v) is 8.31. The van der Waals surface area contributed by atoms with E-state index in [0.29, 0.717) is 0 Å². The number of oxazole rings is 1. The minimum absolute atomic E-state index is 0.0475. The second-order valence-electron chi connectivity index (χ2n) is 4.07. The van der Waals surface area contributed by atoms with Gasteiger partial charge in [0.15, 0.2) is 6.39 Å². The number of nitrogens with two attached hydrogens (primary N) is 1. The van der Waals surface area contributed by atoms with Crippen molar-refractivity contribution in [1.82, 2.24) is 4.98 Å². The summed E-state index contributed by atoms with van der Waals surface area (Å²) < 4.78 is 5.40. The van der Waals surface area contributed by atoms with Gasteiger partial charge in [-0.25, -0.2) is 4.98 Å². The van der Waals surface area contributed by atoms with Crippen LogP contribution in [0.3, 0.4) is 0 Å². The number of rotatable bonds is 2. The van der Waals surface area contributed by atoms with Crippen molar-refractivity contribution in [2.45, 2.75) is 18.3 Å². The van der Waals surface area contributed by atoms with Gasteiger partial charge in [0.05, 0.1) is 11.6 Å². The van der Waals surface area contributed by atoms with E-state index in [1.54, 1.807) is 6.20 Å². The Morgan fingerprint density at radius 1 is 1.33 bits per heavy atom. The second kappa shape index (κ2) is 2.86. The maximum absolute atomic E-state index is 5.79. The Morgan fingerprint density at radius 3 is 2.80 bits per heavy atom. The fraction of sp³-hybridized carbons (Fsp3) is 0.250. The Hall–Kier alpha value is -1.77. The quantitative estimate of drug-likeness (QED) is 0.757. The van der Waals surface area contributed by atoms with Crippen LogP contribution >= 0.6 is 0 Å². The van der Waals surface area contributed by atoms with Gasteiger partial charge in [-0.1, -0.05) is 12.1 Å². The molecule has 0 amide bonds. The smallest absolute Gasteiger partial charge is 0.180 e.